The fourth-order valence-electron chi connectivity index (χ4n) is 2.15. The molecule has 0 spiro atoms. The van der Waals surface area contributed by atoms with Crippen LogP contribution in [-0.2, 0) is 0 Å². The van der Waals surface area contributed by atoms with E-state index in [1.807, 2.05) is 55.0 Å². The van der Waals surface area contributed by atoms with E-state index in [1.165, 1.54) is 22.7 Å². The third-order valence-electron chi connectivity index (χ3n) is 3.48. The zero-order valence-corrected chi connectivity index (χ0v) is 17.4. The van der Waals surface area contributed by atoms with Crippen LogP contribution in [0.2, 0.25) is 0 Å². The molecule has 3 aromatic heterocycles. The lowest BCUT2D eigenvalue weighted by atomic mass is 10.2. The number of aromatic nitrogens is 2. The Bertz CT molecular complexity index is 821. The normalized spacial score (nSPS) is 10.4. The van der Waals surface area contributed by atoms with Gasteiger partial charge in [0.25, 0.3) is 0 Å². The van der Waals surface area contributed by atoms with Gasteiger partial charge in [-0.05, 0) is 37.0 Å². The summed E-state index contributed by atoms with van der Waals surface area (Å²) in [5, 5.41) is 3.86. The molecule has 9 heteroatoms. The van der Waals surface area contributed by atoms with Crippen LogP contribution in [0.3, 0.4) is 0 Å². The van der Waals surface area contributed by atoms with Crippen molar-refractivity contribution in [2.24, 2.45) is 0 Å². The van der Waals surface area contributed by atoms with Gasteiger partial charge in [-0.3, -0.25) is 4.79 Å². The molecule has 136 valence electrons. The number of rotatable bonds is 6. The molecule has 3 aromatic rings. The first-order valence-corrected chi connectivity index (χ1v) is 9.01. The molecule has 0 aliphatic rings. The van der Waals surface area contributed by atoms with Crippen molar-refractivity contribution in [3.8, 4) is 0 Å². The molecule has 0 atom stereocenters. The molecule has 0 radical (unpaired) electrons. The largest absolute Gasteiger partial charge is 0.343 e. The highest BCUT2D eigenvalue weighted by Gasteiger charge is 2.19. The van der Waals surface area contributed by atoms with E-state index in [0.29, 0.717) is 16.5 Å². The summed E-state index contributed by atoms with van der Waals surface area (Å²) in [7, 11) is 6.02. The maximum atomic E-state index is 12.8. The number of hydrogen-bond acceptors (Lipinski definition) is 7. The molecule has 25 heavy (non-hydrogen) atoms. The number of ketones is 1. The third kappa shape index (κ3) is 4.89. The maximum absolute atomic E-state index is 12.8. The first-order chi connectivity index (χ1) is 11.1. The van der Waals surface area contributed by atoms with Gasteiger partial charge >= 0.3 is 0 Å². The van der Waals surface area contributed by atoms with Crippen LogP contribution in [-0.4, -0.2) is 54.9 Å². The summed E-state index contributed by atoms with van der Waals surface area (Å²) in [5.41, 5.74) is 1.33. The van der Waals surface area contributed by atoms with Crippen LogP contribution < -0.4 is 4.90 Å². The fraction of sp³-hybridized carbons (Fsp3) is 0.312. The highest BCUT2D eigenvalue weighted by molar-refractivity contribution is 7.17. The summed E-state index contributed by atoms with van der Waals surface area (Å²) in [6.45, 7) is 1.70. The Morgan fingerprint density at radius 3 is 2.44 bits per heavy atom. The number of halogens is 2. The quantitative estimate of drug-likeness (QED) is 0.569. The van der Waals surface area contributed by atoms with Crippen LogP contribution in [0, 0.1) is 0 Å². The molecule has 3 heterocycles. The van der Waals surface area contributed by atoms with Gasteiger partial charge < -0.3 is 9.80 Å². The summed E-state index contributed by atoms with van der Waals surface area (Å²) < 4.78 is 0.855. The van der Waals surface area contributed by atoms with E-state index in [9.17, 15) is 4.79 Å². The van der Waals surface area contributed by atoms with Crippen LogP contribution in [0.25, 0.3) is 10.2 Å². The Hall–Kier alpha value is -1.25. The van der Waals surface area contributed by atoms with Crippen LogP contribution in [0.1, 0.15) is 15.4 Å². The summed E-state index contributed by atoms with van der Waals surface area (Å²) in [5.74, 6) is 0.565. The molecule has 0 aliphatic heterocycles. The van der Waals surface area contributed by atoms with Crippen molar-refractivity contribution in [2.45, 2.75) is 0 Å². The molecule has 0 aliphatic carbocycles. The first-order valence-electron chi connectivity index (χ1n) is 7.25. The van der Waals surface area contributed by atoms with Crippen molar-refractivity contribution in [3.05, 3.63) is 39.5 Å². The van der Waals surface area contributed by atoms with Crippen LogP contribution in [0.4, 0.5) is 5.95 Å². The average Bonchev–Trinajstić information content (AvgIpc) is 3.21. The van der Waals surface area contributed by atoms with Crippen molar-refractivity contribution in [1.29, 1.82) is 0 Å². The van der Waals surface area contributed by atoms with Gasteiger partial charge in [-0.1, -0.05) is 6.07 Å². The average molecular weight is 419 g/mol. The van der Waals surface area contributed by atoms with Gasteiger partial charge in [-0.15, -0.1) is 47.5 Å². The van der Waals surface area contributed by atoms with E-state index in [-0.39, 0.29) is 30.6 Å². The molecular formula is C16H20Cl2N4OS2. The van der Waals surface area contributed by atoms with E-state index in [2.05, 4.69) is 14.9 Å². The zero-order valence-electron chi connectivity index (χ0n) is 14.1. The molecule has 0 N–H and O–H groups in total. The molecule has 0 fully saturated rings. The lowest BCUT2D eigenvalue weighted by Gasteiger charge is -2.20. The van der Waals surface area contributed by atoms with Crippen LogP contribution >= 0.6 is 47.5 Å². The number of carbonyl (C=O) groups is 1. The number of fused-ring (bicyclic) bond motifs is 1. The Balaban J connectivity index is 0.00000156. The molecule has 0 aromatic carbocycles. The second-order valence-corrected chi connectivity index (χ2v) is 7.40. The number of carbonyl (C=O) groups excluding carboxylic acids is 1. The molecule has 0 amide bonds. The summed E-state index contributed by atoms with van der Waals surface area (Å²) in [6.07, 6.45) is 0. The number of hydrogen-bond donors (Lipinski definition) is 0. The van der Waals surface area contributed by atoms with E-state index >= 15 is 0 Å². The van der Waals surface area contributed by atoms with Crippen LogP contribution in [0.15, 0.2) is 29.0 Å². The number of nitrogens with zero attached hydrogens (tertiary/aromatic N) is 4. The highest BCUT2D eigenvalue weighted by Crippen LogP contribution is 2.27. The number of likely N-dealkylation sites (N-methyl/N-ethyl adjacent to an activating group) is 2. The number of thiophene rings is 2. The minimum atomic E-state index is -0.0305. The van der Waals surface area contributed by atoms with Crippen LogP contribution in [0.5, 0.6) is 0 Å². The molecule has 0 saturated heterocycles. The standard InChI is InChI=1S/C16H18N4OS2.2ClH/c1-19(2)7-8-20(3)16-17-11-6-10-23-15(11)13(18-16)14(21)12-5-4-9-22-12;;/h4-6,9-10H,7-8H2,1-3H3;2*1H. The zero-order chi connectivity index (χ0) is 16.4. The van der Waals surface area contributed by atoms with Crippen molar-refractivity contribution in [1.82, 2.24) is 14.9 Å². The SMILES string of the molecule is CN(C)CCN(C)c1nc(C(=O)c2cccs2)c2sccc2n1.Cl.Cl. The molecule has 0 saturated carbocycles. The van der Waals surface area contributed by atoms with E-state index < -0.39 is 0 Å². The van der Waals surface area contributed by atoms with Crippen molar-refractivity contribution < 1.29 is 4.79 Å². The predicted molar refractivity (Wildman–Crippen MR) is 111 cm³/mol. The molecule has 0 bridgehead atoms. The van der Waals surface area contributed by atoms with Gasteiger partial charge in [0, 0.05) is 20.1 Å². The minimum Gasteiger partial charge on any atom is -0.343 e. The van der Waals surface area contributed by atoms with Gasteiger partial charge in [-0.25, -0.2) is 9.97 Å². The molecule has 3 rings (SSSR count). The Labute approximate surface area is 167 Å². The monoisotopic (exact) mass is 418 g/mol. The second kappa shape index (κ2) is 9.45. The van der Waals surface area contributed by atoms with E-state index in [1.54, 1.807) is 0 Å². The smallest absolute Gasteiger partial charge is 0.226 e. The van der Waals surface area contributed by atoms with Gasteiger partial charge in [0.2, 0.25) is 11.7 Å². The minimum absolute atomic E-state index is 0. The van der Waals surface area contributed by atoms with Gasteiger partial charge in [0.05, 0.1) is 15.1 Å². The van der Waals surface area contributed by atoms with E-state index in [0.717, 1.165) is 23.3 Å². The van der Waals surface area contributed by atoms with Crippen molar-refractivity contribution >= 4 is 69.4 Å². The fourth-order valence-corrected chi connectivity index (χ4v) is 3.63. The summed E-state index contributed by atoms with van der Waals surface area (Å²) in [4.78, 5) is 26.7. The molecular weight excluding hydrogens is 399 g/mol. The summed E-state index contributed by atoms with van der Waals surface area (Å²) >= 11 is 2.95. The lowest BCUT2D eigenvalue weighted by Crippen LogP contribution is -2.30. The predicted octanol–water partition coefficient (Wildman–Crippen LogP) is 3.83. The molecule has 0 unspecified atom stereocenters. The lowest BCUT2D eigenvalue weighted by molar-refractivity contribution is 0.103. The maximum Gasteiger partial charge on any atom is 0.226 e. The van der Waals surface area contributed by atoms with E-state index in [4.69, 9.17) is 0 Å². The van der Waals surface area contributed by atoms with Crippen molar-refractivity contribution in [3.63, 3.8) is 0 Å². The van der Waals surface area contributed by atoms with Gasteiger partial charge in [0.1, 0.15) is 5.69 Å². The third-order valence-corrected chi connectivity index (χ3v) is 5.25. The molecule has 5 nitrogen and oxygen atoms in total. The Morgan fingerprint density at radius 1 is 1.04 bits per heavy atom. The van der Waals surface area contributed by atoms with Gasteiger partial charge in [-0.2, -0.15) is 0 Å². The Kier molecular flexibility index (Phi) is 8.24. The summed E-state index contributed by atoms with van der Waals surface area (Å²) in [6, 6.07) is 5.66. The Morgan fingerprint density at radius 2 is 1.80 bits per heavy atom. The van der Waals surface area contributed by atoms with Crippen molar-refractivity contribution in [2.75, 3.05) is 39.1 Å². The van der Waals surface area contributed by atoms with Gasteiger partial charge in [0.15, 0.2) is 0 Å². The highest BCUT2D eigenvalue weighted by atomic mass is 35.5. The first kappa shape index (κ1) is 21.8. The second-order valence-electron chi connectivity index (χ2n) is 5.54. The topological polar surface area (TPSA) is 49.3 Å². The number of anilines is 1.